The topological polar surface area (TPSA) is 51.9 Å². The summed E-state index contributed by atoms with van der Waals surface area (Å²) in [4.78, 5) is 11.4. The maximum atomic E-state index is 11.4. The second kappa shape index (κ2) is 2.75. The molecule has 0 aliphatic carbocycles. The number of aryl methyl sites for hydroxylation is 1. The zero-order chi connectivity index (χ0) is 8.55. The summed E-state index contributed by atoms with van der Waals surface area (Å²) < 4.78 is 3.05. The van der Waals surface area contributed by atoms with Crippen molar-refractivity contribution in [3.8, 4) is 0 Å². The van der Waals surface area contributed by atoms with E-state index in [4.69, 9.17) is 0 Å². The van der Waals surface area contributed by atoms with Crippen molar-refractivity contribution in [2.24, 2.45) is 7.05 Å². The van der Waals surface area contributed by atoms with Crippen molar-refractivity contribution in [3.63, 3.8) is 0 Å². The van der Waals surface area contributed by atoms with Gasteiger partial charge in [-0.15, -0.1) is 0 Å². The van der Waals surface area contributed by atoms with Gasteiger partial charge in [0.1, 0.15) is 6.33 Å². The van der Waals surface area contributed by atoms with E-state index in [1.165, 1.54) is 4.68 Å². The lowest BCUT2D eigenvalue weighted by Crippen LogP contribution is -2.27. The number of hydrogen-bond acceptors (Lipinski definition) is 3. The molecule has 5 heteroatoms. The molecule has 1 aromatic heterocycles. The molecule has 0 spiro atoms. The Bertz CT molecular complexity index is 320. The molecule has 1 aromatic rings. The van der Waals surface area contributed by atoms with Gasteiger partial charge >= 0.3 is 5.69 Å². The molecule has 0 bridgehead atoms. The van der Waals surface area contributed by atoms with Gasteiger partial charge in [0.25, 0.3) is 0 Å². The smallest absolute Gasteiger partial charge is 0.315 e. The highest BCUT2D eigenvalue weighted by molar-refractivity contribution is 4.81. The van der Waals surface area contributed by atoms with Crippen LogP contribution in [0.25, 0.3) is 0 Å². The fourth-order valence-corrected chi connectivity index (χ4v) is 1.53. The monoisotopic (exact) mass is 168 g/mol. The van der Waals surface area contributed by atoms with E-state index in [1.54, 1.807) is 17.9 Å². The third kappa shape index (κ3) is 1.06. The molecule has 0 radical (unpaired) electrons. The van der Waals surface area contributed by atoms with E-state index in [0.717, 1.165) is 19.5 Å². The van der Waals surface area contributed by atoms with Crippen molar-refractivity contribution in [1.29, 1.82) is 0 Å². The van der Waals surface area contributed by atoms with E-state index in [-0.39, 0.29) is 5.69 Å². The lowest BCUT2D eigenvalue weighted by molar-refractivity contribution is 0.522. The fraction of sp³-hybridized carbons (Fsp3) is 0.714. The van der Waals surface area contributed by atoms with Crippen LogP contribution in [0.2, 0.25) is 0 Å². The first-order valence-corrected chi connectivity index (χ1v) is 4.10. The zero-order valence-electron chi connectivity index (χ0n) is 7.03. The quantitative estimate of drug-likeness (QED) is 0.592. The number of nitrogens with zero attached hydrogens (tertiary/aromatic N) is 3. The van der Waals surface area contributed by atoms with Gasteiger partial charge in [-0.25, -0.2) is 9.48 Å². The minimum absolute atomic E-state index is 0.0244. The highest BCUT2D eigenvalue weighted by Crippen LogP contribution is 2.10. The molecule has 2 heterocycles. The van der Waals surface area contributed by atoms with Gasteiger partial charge in [0.2, 0.25) is 0 Å². The molecule has 1 atom stereocenters. The van der Waals surface area contributed by atoms with Crippen molar-refractivity contribution >= 4 is 0 Å². The third-order valence-corrected chi connectivity index (χ3v) is 2.27. The Kier molecular flexibility index (Phi) is 1.73. The highest BCUT2D eigenvalue weighted by Gasteiger charge is 2.18. The van der Waals surface area contributed by atoms with Crippen LogP contribution < -0.4 is 11.0 Å². The number of hydrogen-bond donors (Lipinski definition) is 1. The van der Waals surface area contributed by atoms with E-state index in [2.05, 4.69) is 10.4 Å². The summed E-state index contributed by atoms with van der Waals surface area (Å²) in [6.45, 7) is 1.87. The molecular weight excluding hydrogens is 156 g/mol. The molecule has 1 aliphatic rings. The molecule has 1 N–H and O–H groups in total. The number of nitrogens with one attached hydrogen (secondary N) is 1. The van der Waals surface area contributed by atoms with E-state index in [1.807, 2.05) is 0 Å². The Labute approximate surface area is 70.0 Å². The van der Waals surface area contributed by atoms with E-state index in [9.17, 15) is 4.79 Å². The lowest BCUT2D eigenvalue weighted by atomic mass is 10.3. The average Bonchev–Trinajstić information content (AvgIpc) is 2.64. The van der Waals surface area contributed by atoms with Crippen molar-refractivity contribution in [2.45, 2.75) is 12.5 Å². The van der Waals surface area contributed by atoms with Crippen LogP contribution in [0.5, 0.6) is 0 Å². The largest absolute Gasteiger partial charge is 0.345 e. The Morgan fingerprint density at radius 3 is 3.08 bits per heavy atom. The van der Waals surface area contributed by atoms with Gasteiger partial charge in [0, 0.05) is 13.6 Å². The van der Waals surface area contributed by atoms with Gasteiger partial charge in [0.15, 0.2) is 0 Å². The molecule has 5 nitrogen and oxygen atoms in total. The minimum atomic E-state index is -0.0244. The molecule has 12 heavy (non-hydrogen) atoms. The highest BCUT2D eigenvalue weighted by atomic mass is 16.2. The van der Waals surface area contributed by atoms with E-state index in [0.29, 0.717) is 6.04 Å². The number of rotatable bonds is 1. The molecule has 1 fully saturated rings. The van der Waals surface area contributed by atoms with Crippen LogP contribution in [0.15, 0.2) is 11.1 Å². The lowest BCUT2D eigenvalue weighted by Gasteiger charge is -2.06. The summed E-state index contributed by atoms with van der Waals surface area (Å²) in [5, 5.41) is 7.11. The second-order valence-corrected chi connectivity index (χ2v) is 3.09. The summed E-state index contributed by atoms with van der Waals surface area (Å²) in [5.41, 5.74) is -0.0244. The van der Waals surface area contributed by atoms with Crippen molar-refractivity contribution < 1.29 is 0 Å². The maximum absolute atomic E-state index is 11.4. The molecule has 0 saturated carbocycles. The molecular formula is C7H12N4O. The molecule has 0 aromatic carbocycles. The standard InChI is InChI=1S/C7H12N4O/c1-10-7(12)11(5-9-10)6-2-3-8-4-6/h5-6,8H,2-4H2,1H3. The summed E-state index contributed by atoms with van der Waals surface area (Å²) in [5.74, 6) is 0. The van der Waals surface area contributed by atoms with Gasteiger partial charge in [0.05, 0.1) is 6.04 Å². The first-order chi connectivity index (χ1) is 5.79. The van der Waals surface area contributed by atoms with E-state index < -0.39 is 0 Å². The minimum Gasteiger partial charge on any atom is -0.315 e. The second-order valence-electron chi connectivity index (χ2n) is 3.09. The van der Waals surface area contributed by atoms with Crippen LogP contribution in [-0.4, -0.2) is 27.4 Å². The SMILES string of the molecule is Cn1ncn(C2CCNC2)c1=O. The van der Waals surface area contributed by atoms with Gasteiger partial charge in [-0.05, 0) is 13.0 Å². The summed E-state index contributed by atoms with van der Waals surface area (Å²) in [6.07, 6.45) is 2.63. The van der Waals surface area contributed by atoms with Crippen LogP contribution in [0.1, 0.15) is 12.5 Å². The fourth-order valence-electron chi connectivity index (χ4n) is 1.53. The van der Waals surface area contributed by atoms with Crippen LogP contribution in [-0.2, 0) is 7.05 Å². The molecule has 1 saturated heterocycles. The average molecular weight is 168 g/mol. The van der Waals surface area contributed by atoms with Crippen LogP contribution in [0.4, 0.5) is 0 Å². The number of aromatic nitrogens is 3. The van der Waals surface area contributed by atoms with Gasteiger partial charge in [-0.2, -0.15) is 5.10 Å². The van der Waals surface area contributed by atoms with Crippen molar-refractivity contribution in [2.75, 3.05) is 13.1 Å². The Morgan fingerprint density at radius 2 is 2.58 bits per heavy atom. The summed E-state index contributed by atoms with van der Waals surface area (Å²) >= 11 is 0. The predicted octanol–water partition coefficient (Wildman–Crippen LogP) is -0.884. The molecule has 66 valence electrons. The maximum Gasteiger partial charge on any atom is 0.345 e. The molecule has 0 amide bonds. The predicted molar refractivity (Wildman–Crippen MR) is 44.0 cm³/mol. The van der Waals surface area contributed by atoms with Crippen molar-refractivity contribution in [1.82, 2.24) is 19.7 Å². The van der Waals surface area contributed by atoms with Gasteiger partial charge in [-0.3, -0.25) is 4.57 Å². The van der Waals surface area contributed by atoms with Crippen molar-refractivity contribution in [3.05, 3.63) is 16.8 Å². The Balaban J connectivity index is 2.33. The summed E-state index contributed by atoms with van der Waals surface area (Å²) in [6, 6.07) is 0.297. The third-order valence-electron chi connectivity index (χ3n) is 2.27. The van der Waals surface area contributed by atoms with E-state index >= 15 is 0 Å². The normalized spacial score (nSPS) is 23.2. The first-order valence-electron chi connectivity index (χ1n) is 4.10. The Morgan fingerprint density at radius 1 is 1.75 bits per heavy atom. The van der Waals surface area contributed by atoms with Crippen LogP contribution in [0, 0.1) is 0 Å². The zero-order valence-corrected chi connectivity index (χ0v) is 7.03. The molecule has 1 unspecified atom stereocenters. The summed E-state index contributed by atoms with van der Waals surface area (Å²) in [7, 11) is 1.67. The molecule has 1 aliphatic heterocycles. The van der Waals surface area contributed by atoms with Crippen LogP contribution in [0.3, 0.4) is 0 Å². The van der Waals surface area contributed by atoms with Crippen LogP contribution >= 0.6 is 0 Å². The van der Waals surface area contributed by atoms with Gasteiger partial charge < -0.3 is 5.32 Å². The van der Waals surface area contributed by atoms with Gasteiger partial charge in [-0.1, -0.05) is 0 Å². The molecule has 2 rings (SSSR count). The first kappa shape index (κ1) is 7.54. The Hall–Kier alpha value is -1.10.